The second kappa shape index (κ2) is 4.49. The first-order valence-electron chi connectivity index (χ1n) is 5.81. The third-order valence-electron chi connectivity index (χ3n) is 3.47. The van der Waals surface area contributed by atoms with E-state index < -0.39 is 5.97 Å². The van der Waals surface area contributed by atoms with E-state index in [1.165, 1.54) is 6.42 Å². The van der Waals surface area contributed by atoms with Crippen LogP contribution in [0.2, 0.25) is 0 Å². The van der Waals surface area contributed by atoms with Gasteiger partial charge in [0.25, 0.3) is 0 Å². The van der Waals surface area contributed by atoms with Crippen LogP contribution in [0.15, 0.2) is 0 Å². The topological polar surface area (TPSA) is 52.6 Å². The smallest absolute Gasteiger partial charge is 0.320 e. The number of rotatable bonds is 5. The zero-order valence-corrected chi connectivity index (χ0v) is 9.28. The van der Waals surface area contributed by atoms with Crippen LogP contribution >= 0.6 is 0 Å². The van der Waals surface area contributed by atoms with Crippen molar-refractivity contribution in [1.29, 1.82) is 0 Å². The van der Waals surface area contributed by atoms with Gasteiger partial charge in [0.15, 0.2) is 0 Å². The highest BCUT2D eigenvalue weighted by Crippen LogP contribution is 2.32. The molecule has 1 saturated heterocycles. The van der Waals surface area contributed by atoms with E-state index in [4.69, 9.17) is 5.11 Å². The summed E-state index contributed by atoms with van der Waals surface area (Å²) in [7, 11) is 2.12. The summed E-state index contributed by atoms with van der Waals surface area (Å²) in [5.41, 5.74) is 0. The maximum absolute atomic E-state index is 11.0. The van der Waals surface area contributed by atoms with Crippen LogP contribution in [-0.2, 0) is 4.79 Å². The summed E-state index contributed by atoms with van der Waals surface area (Å²) in [5, 5.41) is 12.3. The quantitative estimate of drug-likeness (QED) is 0.692. The summed E-state index contributed by atoms with van der Waals surface area (Å²) < 4.78 is 0. The Balaban J connectivity index is 1.73. The van der Waals surface area contributed by atoms with Gasteiger partial charge < -0.3 is 15.3 Å². The molecular weight excluding hydrogens is 192 g/mol. The van der Waals surface area contributed by atoms with Crippen molar-refractivity contribution in [3.63, 3.8) is 0 Å². The Kier molecular flexibility index (Phi) is 3.26. The average Bonchev–Trinajstić information content (AvgIpc) is 2.90. The Hall–Kier alpha value is -0.610. The Labute approximate surface area is 90.6 Å². The SMILES string of the molecule is CN1CCC(CNC(C(=O)O)C2CC2)C1. The van der Waals surface area contributed by atoms with E-state index in [0.717, 1.165) is 32.5 Å². The van der Waals surface area contributed by atoms with Gasteiger partial charge in [-0.15, -0.1) is 0 Å². The van der Waals surface area contributed by atoms with Gasteiger partial charge in [-0.05, 0) is 44.7 Å². The summed E-state index contributed by atoms with van der Waals surface area (Å²) >= 11 is 0. The van der Waals surface area contributed by atoms with Crippen LogP contribution in [0.4, 0.5) is 0 Å². The lowest BCUT2D eigenvalue weighted by molar-refractivity contribution is -0.140. The van der Waals surface area contributed by atoms with E-state index in [0.29, 0.717) is 11.8 Å². The summed E-state index contributed by atoms with van der Waals surface area (Å²) in [5.74, 6) is 0.348. The molecule has 2 atom stereocenters. The summed E-state index contributed by atoms with van der Waals surface area (Å²) in [6.45, 7) is 3.11. The van der Waals surface area contributed by atoms with Crippen molar-refractivity contribution in [2.45, 2.75) is 25.3 Å². The number of hydrogen-bond donors (Lipinski definition) is 2. The molecule has 1 aliphatic carbocycles. The number of hydrogen-bond acceptors (Lipinski definition) is 3. The van der Waals surface area contributed by atoms with E-state index in [2.05, 4.69) is 17.3 Å². The number of aliphatic carboxylic acids is 1. The van der Waals surface area contributed by atoms with E-state index in [1.54, 1.807) is 0 Å². The first-order valence-corrected chi connectivity index (χ1v) is 5.81. The average molecular weight is 212 g/mol. The van der Waals surface area contributed by atoms with Crippen molar-refractivity contribution in [1.82, 2.24) is 10.2 Å². The highest BCUT2D eigenvalue weighted by molar-refractivity contribution is 5.74. The minimum atomic E-state index is -0.677. The lowest BCUT2D eigenvalue weighted by atomic mass is 10.1. The normalized spacial score (nSPS) is 29.3. The monoisotopic (exact) mass is 212 g/mol. The van der Waals surface area contributed by atoms with Crippen LogP contribution < -0.4 is 5.32 Å². The Morgan fingerprint density at radius 1 is 1.53 bits per heavy atom. The fourth-order valence-electron chi connectivity index (χ4n) is 2.37. The number of carboxylic acid groups (broad SMARTS) is 1. The molecular formula is C11H20N2O2. The van der Waals surface area contributed by atoms with Gasteiger partial charge in [-0.3, -0.25) is 4.79 Å². The third kappa shape index (κ3) is 2.92. The number of carboxylic acids is 1. The molecule has 1 saturated carbocycles. The molecule has 86 valence electrons. The fraction of sp³-hybridized carbons (Fsp3) is 0.909. The van der Waals surface area contributed by atoms with Gasteiger partial charge in [-0.2, -0.15) is 0 Å². The molecule has 2 unspecified atom stereocenters. The first-order chi connectivity index (χ1) is 7.16. The molecule has 2 N–H and O–H groups in total. The lowest BCUT2D eigenvalue weighted by Crippen LogP contribution is -2.41. The molecule has 0 aromatic carbocycles. The van der Waals surface area contributed by atoms with Crippen molar-refractivity contribution in [2.75, 3.05) is 26.7 Å². The molecule has 1 aliphatic heterocycles. The maximum Gasteiger partial charge on any atom is 0.320 e. The van der Waals surface area contributed by atoms with Gasteiger partial charge in [-0.1, -0.05) is 0 Å². The second-order valence-electron chi connectivity index (χ2n) is 4.98. The zero-order chi connectivity index (χ0) is 10.8. The van der Waals surface area contributed by atoms with Crippen LogP contribution in [0.3, 0.4) is 0 Å². The number of likely N-dealkylation sites (tertiary alicyclic amines) is 1. The van der Waals surface area contributed by atoms with Gasteiger partial charge in [0.05, 0.1) is 0 Å². The zero-order valence-electron chi connectivity index (χ0n) is 9.28. The molecule has 1 heterocycles. The summed E-state index contributed by atoms with van der Waals surface area (Å²) in [6.07, 6.45) is 3.35. The highest BCUT2D eigenvalue weighted by Gasteiger charge is 2.36. The largest absolute Gasteiger partial charge is 0.480 e. The molecule has 4 nitrogen and oxygen atoms in total. The van der Waals surface area contributed by atoms with Crippen LogP contribution in [0.5, 0.6) is 0 Å². The van der Waals surface area contributed by atoms with Crippen molar-refractivity contribution in [3.8, 4) is 0 Å². The van der Waals surface area contributed by atoms with E-state index in [1.807, 2.05) is 0 Å². The van der Waals surface area contributed by atoms with Gasteiger partial charge in [-0.25, -0.2) is 0 Å². The number of carbonyl (C=O) groups is 1. The number of nitrogens with zero attached hydrogens (tertiary/aromatic N) is 1. The standard InChI is InChI=1S/C11H20N2O2/c1-13-5-4-8(7-13)6-12-10(11(14)15)9-2-3-9/h8-10,12H,2-7H2,1H3,(H,14,15). The van der Waals surface area contributed by atoms with E-state index in [-0.39, 0.29) is 6.04 Å². The van der Waals surface area contributed by atoms with Gasteiger partial charge in [0, 0.05) is 13.1 Å². The molecule has 4 heteroatoms. The molecule has 0 spiro atoms. The highest BCUT2D eigenvalue weighted by atomic mass is 16.4. The molecule has 0 aromatic rings. The van der Waals surface area contributed by atoms with Crippen molar-refractivity contribution < 1.29 is 9.90 Å². The molecule has 0 aromatic heterocycles. The van der Waals surface area contributed by atoms with Crippen LogP contribution in [0.25, 0.3) is 0 Å². The molecule has 0 amide bonds. The van der Waals surface area contributed by atoms with Crippen molar-refractivity contribution in [2.24, 2.45) is 11.8 Å². The van der Waals surface area contributed by atoms with Gasteiger partial charge >= 0.3 is 5.97 Å². The minimum absolute atomic E-state index is 0.295. The summed E-state index contributed by atoms with van der Waals surface area (Å²) in [6, 6.07) is -0.295. The molecule has 2 fully saturated rings. The lowest BCUT2D eigenvalue weighted by Gasteiger charge is -2.17. The Morgan fingerprint density at radius 2 is 2.27 bits per heavy atom. The molecule has 0 radical (unpaired) electrons. The van der Waals surface area contributed by atoms with Crippen LogP contribution in [0.1, 0.15) is 19.3 Å². The van der Waals surface area contributed by atoms with Gasteiger partial charge in [0.1, 0.15) is 6.04 Å². The predicted octanol–water partition coefficient (Wildman–Crippen LogP) is 0.391. The maximum atomic E-state index is 11.0. The van der Waals surface area contributed by atoms with Crippen molar-refractivity contribution in [3.05, 3.63) is 0 Å². The molecule has 15 heavy (non-hydrogen) atoms. The second-order valence-corrected chi connectivity index (χ2v) is 4.98. The Bertz CT molecular complexity index is 241. The molecule has 2 rings (SSSR count). The van der Waals surface area contributed by atoms with E-state index >= 15 is 0 Å². The third-order valence-corrected chi connectivity index (χ3v) is 3.47. The van der Waals surface area contributed by atoms with E-state index in [9.17, 15) is 4.79 Å². The van der Waals surface area contributed by atoms with Crippen LogP contribution in [0, 0.1) is 11.8 Å². The van der Waals surface area contributed by atoms with Crippen LogP contribution in [-0.4, -0.2) is 48.7 Å². The summed E-state index contributed by atoms with van der Waals surface area (Å²) in [4.78, 5) is 13.3. The van der Waals surface area contributed by atoms with Gasteiger partial charge in [0.2, 0.25) is 0 Å². The number of nitrogens with one attached hydrogen (secondary N) is 1. The van der Waals surface area contributed by atoms with Crippen molar-refractivity contribution >= 4 is 5.97 Å². The molecule has 0 bridgehead atoms. The fourth-order valence-corrected chi connectivity index (χ4v) is 2.37. The predicted molar refractivity (Wildman–Crippen MR) is 57.8 cm³/mol. The molecule has 2 aliphatic rings. The Morgan fingerprint density at radius 3 is 2.73 bits per heavy atom. The minimum Gasteiger partial charge on any atom is -0.480 e. The first kappa shape index (κ1) is 10.9.